The van der Waals surface area contributed by atoms with Crippen LogP contribution in [0.4, 0.5) is 8.78 Å². The van der Waals surface area contributed by atoms with Crippen molar-refractivity contribution in [3.05, 3.63) is 41.9 Å². The predicted octanol–water partition coefficient (Wildman–Crippen LogP) is 2.85. The summed E-state index contributed by atoms with van der Waals surface area (Å²) in [5, 5.41) is 3.29. The molecule has 1 heterocycles. The fourth-order valence-corrected chi connectivity index (χ4v) is 2.02. The molecule has 0 bridgehead atoms. The van der Waals surface area contributed by atoms with Crippen molar-refractivity contribution in [2.75, 3.05) is 6.54 Å². The lowest BCUT2D eigenvalue weighted by Crippen LogP contribution is -2.16. The SMILES string of the molecule is Fc1cccc(-c2cnc(CNCC3CC3)[nH]2)c1F. The molecule has 2 N–H and O–H groups in total. The van der Waals surface area contributed by atoms with E-state index in [0.717, 1.165) is 24.4 Å². The van der Waals surface area contributed by atoms with Gasteiger partial charge in [-0.3, -0.25) is 0 Å². The van der Waals surface area contributed by atoms with E-state index in [4.69, 9.17) is 0 Å². The summed E-state index contributed by atoms with van der Waals surface area (Å²) in [4.78, 5) is 7.18. The van der Waals surface area contributed by atoms with Crippen molar-refractivity contribution in [1.82, 2.24) is 15.3 Å². The van der Waals surface area contributed by atoms with Gasteiger partial charge in [-0.1, -0.05) is 6.07 Å². The minimum absolute atomic E-state index is 0.209. The van der Waals surface area contributed by atoms with E-state index in [9.17, 15) is 8.78 Å². The minimum atomic E-state index is -0.847. The van der Waals surface area contributed by atoms with E-state index in [-0.39, 0.29) is 5.56 Å². The van der Waals surface area contributed by atoms with Crippen molar-refractivity contribution < 1.29 is 8.78 Å². The highest BCUT2D eigenvalue weighted by Gasteiger charge is 2.20. The third kappa shape index (κ3) is 2.81. The van der Waals surface area contributed by atoms with Crippen molar-refractivity contribution >= 4 is 0 Å². The summed E-state index contributed by atoms with van der Waals surface area (Å²) >= 11 is 0. The first-order valence-corrected chi connectivity index (χ1v) is 6.43. The second-order valence-electron chi connectivity index (χ2n) is 4.92. The van der Waals surface area contributed by atoms with Gasteiger partial charge in [0.1, 0.15) is 5.82 Å². The number of halogens is 2. The summed E-state index contributed by atoms with van der Waals surface area (Å²) in [5.41, 5.74) is 0.709. The van der Waals surface area contributed by atoms with Gasteiger partial charge in [-0.05, 0) is 37.4 Å². The molecule has 1 aromatic carbocycles. The van der Waals surface area contributed by atoms with Crippen molar-refractivity contribution in [2.45, 2.75) is 19.4 Å². The van der Waals surface area contributed by atoms with Crippen LogP contribution in [-0.2, 0) is 6.54 Å². The van der Waals surface area contributed by atoms with E-state index in [2.05, 4.69) is 15.3 Å². The largest absolute Gasteiger partial charge is 0.341 e. The molecule has 5 heteroatoms. The quantitative estimate of drug-likeness (QED) is 0.871. The highest BCUT2D eigenvalue weighted by atomic mass is 19.2. The second kappa shape index (κ2) is 5.09. The Kier molecular flexibility index (Phi) is 3.29. The summed E-state index contributed by atoms with van der Waals surface area (Å²) in [6.07, 6.45) is 4.13. The van der Waals surface area contributed by atoms with E-state index < -0.39 is 11.6 Å². The zero-order valence-corrected chi connectivity index (χ0v) is 10.4. The standard InChI is InChI=1S/C14H15F2N3/c15-11-3-1-2-10(14(11)16)12-7-18-13(19-12)8-17-6-9-4-5-9/h1-3,7,9,17H,4-6,8H2,(H,18,19). The number of aromatic amines is 1. The number of rotatable bonds is 5. The summed E-state index contributed by atoms with van der Waals surface area (Å²) < 4.78 is 26.8. The Labute approximate surface area is 110 Å². The van der Waals surface area contributed by atoms with Crippen LogP contribution >= 0.6 is 0 Å². The van der Waals surface area contributed by atoms with E-state index in [1.54, 1.807) is 0 Å². The van der Waals surface area contributed by atoms with Gasteiger partial charge < -0.3 is 10.3 Å². The maximum absolute atomic E-state index is 13.6. The maximum Gasteiger partial charge on any atom is 0.168 e. The molecule has 1 aliphatic carbocycles. The van der Waals surface area contributed by atoms with Crippen LogP contribution in [-0.4, -0.2) is 16.5 Å². The van der Waals surface area contributed by atoms with Crippen LogP contribution in [0.1, 0.15) is 18.7 Å². The van der Waals surface area contributed by atoms with E-state index in [0.29, 0.717) is 12.2 Å². The van der Waals surface area contributed by atoms with Crippen LogP contribution in [0.25, 0.3) is 11.3 Å². The highest BCUT2D eigenvalue weighted by Crippen LogP contribution is 2.27. The number of H-pyrrole nitrogens is 1. The molecule has 3 rings (SSSR count). The van der Waals surface area contributed by atoms with E-state index in [1.165, 1.54) is 31.2 Å². The van der Waals surface area contributed by atoms with Crippen LogP contribution in [0, 0.1) is 17.6 Å². The number of hydrogen-bond acceptors (Lipinski definition) is 2. The van der Waals surface area contributed by atoms with Crippen LogP contribution < -0.4 is 5.32 Å². The third-order valence-electron chi connectivity index (χ3n) is 3.29. The first-order valence-electron chi connectivity index (χ1n) is 6.43. The Morgan fingerprint density at radius 1 is 1.32 bits per heavy atom. The fourth-order valence-electron chi connectivity index (χ4n) is 2.02. The van der Waals surface area contributed by atoms with Gasteiger partial charge in [0.25, 0.3) is 0 Å². The topological polar surface area (TPSA) is 40.7 Å². The lowest BCUT2D eigenvalue weighted by atomic mass is 10.1. The smallest absolute Gasteiger partial charge is 0.168 e. The van der Waals surface area contributed by atoms with Crippen LogP contribution in [0.3, 0.4) is 0 Å². The minimum Gasteiger partial charge on any atom is -0.341 e. The lowest BCUT2D eigenvalue weighted by Gasteiger charge is -2.01. The molecule has 0 saturated heterocycles. The third-order valence-corrected chi connectivity index (χ3v) is 3.29. The second-order valence-corrected chi connectivity index (χ2v) is 4.92. The van der Waals surface area contributed by atoms with Gasteiger partial charge in [0.15, 0.2) is 11.6 Å². The molecule has 2 aromatic rings. The Morgan fingerprint density at radius 3 is 2.95 bits per heavy atom. The van der Waals surface area contributed by atoms with Gasteiger partial charge >= 0.3 is 0 Å². The number of imidazole rings is 1. The van der Waals surface area contributed by atoms with Crippen LogP contribution in [0.15, 0.2) is 24.4 Å². The molecule has 0 radical (unpaired) electrons. The Hall–Kier alpha value is -1.75. The molecule has 0 unspecified atom stereocenters. The summed E-state index contributed by atoms with van der Waals surface area (Å²) in [6.45, 7) is 1.61. The van der Waals surface area contributed by atoms with Crippen LogP contribution in [0.5, 0.6) is 0 Å². The average molecular weight is 263 g/mol. The summed E-state index contributed by atoms with van der Waals surface area (Å²) in [5.74, 6) is -0.154. The molecule has 100 valence electrons. The van der Waals surface area contributed by atoms with Crippen LogP contribution in [0.2, 0.25) is 0 Å². The number of hydrogen-bond donors (Lipinski definition) is 2. The van der Waals surface area contributed by atoms with E-state index >= 15 is 0 Å². The monoisotopic (exact) mass is 263 g/mol. The number of aromatic nitrogens is 2. The Bertz CT molecular complexity index is 576. The van der Waals surface area contributed by atoms with Crippen molar-refractivity contribution in [2.24, 2.45) is 5.92 Å². The molecule has 0 atom stereocenters. The van der Waals surface area contributed by atoms with Gasteiger partial charge in [-0.25, -0.2) is 13.8 Å². The molecule has 0 aliphatic heterocycles. The molecule has 1 fully saturated rings. The Balaban J connectivity index is 1.70. The molecule has 0 amide bonds. The van der Waals surface area contributed by atoms with Crippen molar-refractivity contribution in [3.8, 4) is 11.3 Å². The van der Waals surface area contributed by atoms with Gasteiger partial charge in [0, 0.05) is 5.56 Å². The van der Waals surface area contributed by atoms with Crippen molar-refractivity contribution in [1.29, 1.82) is 0 Å². The molecule has 0 spiro atoms. The van der Waals surface area contributed by atoms with Gasteiger partial charge in [-0.2, -0.15) is 0 Å². The molecular weight excluding hydrogens is 248 g/mol. The Morgan fingerprint density at radius 2 is 2.16 bits per heavy atom. The zero-order chi connectivity index (χ0) is 13.2. The zero-order valence-electron chi connectivity index (χ0n) is 10.4. The number of nitrogens with zero attached hydrogens (tertiary/aromatic N) is 1. The number of benzene rings is 1. The first-order chi connectivity index (χ1) is 9.24. The summed E-state index contributed by atoms with van der Waals surface area (Å²) in [7, 11) is 0. The first kappa shape index (κ1) is 12.3. The maximum atomic E-state index is 13.6. The van der Waals surface area contributed by atoms with Gasteiger partial charge in [0.05, 0.1) is 18.4 Å². The predicted molar refractivity (Wildman–Crippen MR) is 68.4 cm³/mol. The van der Waals surface area contributed by atoms with Gasteiger partial charge in [0.2, 0.25) is 0 Å². The molecule has 3 nitrogen and oxygen atoms in total. The van der Waals surface area contributed by atoms with Gasteiger partial charge in [-0.15, -0.1) is 0 Å². The molecular formula is C14H15F2N3. The molecule has 1 aliphatic rings. The fraction of sp³-hybridized carbons (Fsp3) is 0.357. The van der Waals surface area contributed by atoms with Crippen molar-refractivity contribution in [3.63, 3.8) is 0 Å². The molecule has 1 aromatic heterocycles. The lowest BCUT2D eigenvalue weighted by molar-refractivity contribution is 0.511. The normalized spacial score (nSPS) is 14.8. The summed E-state index contributed by atoms with van der Waals surface area (Å²) in [6, 6.07) is 4.13. The number of nitrogens with one attached hydrogen (secondary N) is 2. The van der Waals surface area contributed by atoms with E-state index in [1.807, 2.05) is 0 Å². The molecule has 1 saturated carbocycles. The molecule has 19 heavy (non-hydrogen) atoms. The highest BCUT2D eigenvalue weighted by molar-refractivity contribution is 5.59. The average Bonchev–Trinajstić information content (AvgIpc) is 3.10.